The Morgan fingerprint density at radius 3 is 2.29 bits per heavy atom. The van der Waals surface area contributed by atoms with Crippen molar-refractivity contribution in [1.82, 2.24) is 10.2 Å². The summed E-state index contributed by atoms with van der Waals surface area (Å²) < 4.78 is 11.1. The second kappa shape index (κ2) is 9.68. The number of hydrogen-bond acceptors (Lipinski definition) is 6. The van der Waals surface area contributed by atoms with Crippen LogP contribution in [0.5, 0.6) is 0 Å². The zero-order valence-electron chi connectivity index (χ0n) is 19.3. The Morgan fingerprint density at radius 2 is 1.74 bits per heavy atom. The number of nitrogens with one attached hydrogen (secondary N) is 1. The number of carboxylic acid groups (broad SMARTS) is 1. The van der Waals surface area contributed by atoms with E-state index < -0.39 is 35.8 Å². The van der Waals surface area contributed by atoms with E-state index in [2.05, 4.69) is 17.4 Å². The van der Waals surface area contributed by atoms with E-state index in [1.165, 1.54) is 16.7 Å². The Hall–Kier alpha value is -3.04. The summed E-state index contributed by atoms with van der Waals surface area (Å²) in [6, 6.07) is 14.0. The number of nitrogens with zero attached hydrogens (tertiary/aromatic N) is 1. The van der Waals surface area contributed by atoms with E-state index in [1.54, 1.807) is 20.1 Å². The minimum absolute atomic E-state index is 0.102. The van der Waals surface area contributed by atoms with Crippen LogP contribution < -0.4 is 5.32 Å². The molecule has 9 heteroatoms. The molecule has 0 spiro atoms. The molecule has 0 bridgehead atoms. The van der Waals surface area contributed by atoms with Crippen LogP contribution in [0.1, 0.15) is 30.9 Å². The lowest BCUT2D eigenvalue weighted by Crippen LogP contribution is -2.58. The summed E-state index contributed by atoms with van der Waals surface area (Å²) in [5.41, 5.74) is 3.33. The van der Waals surface area contributed by atoms with Gasteiger partial charge in [0.25, 0.3) is 0 Å². The van der Waals surface area contributed by atoms with E-state index in [4.69, 9.17) is 9.47 Å². The number of alkyl carbamates (subject to hydrolysis) is 1. The molecule has 0 radical (unpaired) electrons. The lowest BCUT2D eigenvalue weighted by atomic mass is 9.98. The summed E-state index contributed by atoms with van der Waals surface area (Å²) in [4.78, 5) is 38.9. The Kier molecular flexibility index (Phi) is 6.86. The highest BCUT2D eigenvalue weighted by Gasteiger charge is 2.49. The van der Waals surface area contributed by atoms with Crippen LogP contribution in [0, 0.1) is 0 Å². The van der Waals surface area contributed by atoms with Gasteiger partial charge in [0.15, 0.2) is 6.04 Å². The van der Waals surface area contributed by atoms with Crippen LogP contribution in [0.4, 0.5) is 4.79 Å². The van der Waals surface area contributed by atoms with Crippen molar-refractivity contribution in [2.24, 2.45) is 0 Å². The van der Waals surface area contributed by atoms with Gasteiger partial charge in [0, 0.05) is 11.7 Å². The molecule has 1 unspecified atom stereocenters. The topological polar surface area (TPSA) is 105 Å². The van der Waals surface area contributed by atoms with Gasteiger partial charge in [0.2, 0.25) is 5.91 Å². The van der Waals surface area contributed by atoms with Crippen LogP contribution in [-0.4, -0.2) is 71.0 Å². The quantitative estimate of drug-likeness (QED) is 0.621. The van der Waals surface area contributed by atoms with Crippen LogP contribution in [0.15, 0.2) is 48.5 Å². The fourth-order valence-electron chi connectivity index (χ4n) is 4.69. The first-order chi connectivity index (χ1) is 16.2. The van der Waals surface area contributed by atoms with Gasteiger partial charge in [-0.15, -0.1) is 0 Å². The van der Waals surface area contributed by atoms with E-state index in [1.807, 2.05) is 36.4 Å². The molecule has 34 heavy (non-hydrogen) atoms. The minimum Gasteiger partial charge on any atom is -0.480 e. The molecule has 2 aromatic carbocycles. The maximum Gasteiger partial charge on any atom is 0.407 e. The summed E-state index contributed by atoms with van der Waals surface area (Å²) in [6.45, 7) is 3.29. The van der Waals surface area contributed by atoms with Gasteiger partial charge < -0.3 is 19.9 Å². The van der Waals surface area contributed by atoms with E-state index >= 15 is 0 Å². The molecule has 8 nitrogen and oxygen atoms in total. The predicted molar refractivity (Wildman–Crippen MR) is 129 cm³/mol. The van der Waals surface area contributed by atoms with Crippen molar-refractivity contribution < 1.29 is 29.0 Å². The monoisotopic (exact) mass is 484 g/mol. The average Bonchev–Trinajstić information content (AvgIpc) is 3.31. The highest BCUT2D eigenvalue weighted by atomic mass is 32.2. The Bertz CT molecular complexity index is 1060. The first kappa shape index (κ1) is 24.1. The summed E-state index contributed by atoms with van der Waals surface area (Å²) in [5.74, 6) is -1.50. The summed E-state index contributed by atoms with van der Waals surface area (Å²) in [7, 11) is 0. The van der Waals surface area contributed by atoms with Crippen LogP contribution in [-0.2, 0) is 19.1 Å². The number of benzene rings is 2. The van der Waals surface area contributed by atoms with Crippen molar-refractivity contribution in [2.75, 3.05) is 25.2 Å². The molecule has 2 aliphatic rings. The zero-order chi connectivity index (χ0) is 24.5. The van der Waals surface area contributed by atoms with Crippen molar-refractivity contribution in [3.8, 4) is 11.1 Å². The molecule has 2 amide bonds. The highest BCUT2D eigenvalue weighted by Crippen LogP contribution is 2.44. The second-order valence-corrected chi connectivity index (χ2v) is 9.71. The highest BCUT2D eigenvalue weighted by molar-refractivity contribution is 7.98. The standard InChI is InChI=1S/C25H28N2O6S/c1-25(2)27(21(13-33-25)23(29)30)22(28)20(14-34-3)26-24(31)32-12-19-17-10-6-4-8-15(17)16-9-5-7-11-18(16)19/h4-11,19-21H,12-14H2,1-3H3,(H,26,31)(H,29,30)/t20-,21?/m0/s1. The number of carbonyl (C=O) groups excluding carboxylic acids is 2. The predicted octanol–water partition coefficient (Wildman–Crippen LogP) is 3.30. The van der Waals surface area contributed by atoms with Crippen molar-refractivity contribution in [3.63, 3.8) is 0 Å². The third-order valence-corrected chi connectivity index (χ3v) is 6.94. The largest absolute Gasteiger partial charge is 0.480 e. The molecule has 1 aliphatic carbocycles. The number of thioether (sulfide) groups is 1. The molecule has 180 valence electrons. The molecule has 1 saturated heterocycles. The average molecular weight is 485 g/mol. The van der Waals surface area contributed by atoms with Gasteiger partial charge in [-0.2, -0.15) is 11.8 Å². The normalized spacial score (nSPS) is 19.3. The van der Waals surface area contributed by atoms with Crippen LogP contribution >= 0.6 is 11.8 Å². The maximum absolute atomic E-state index is 13.3. The number of ether oxygens (including phenoxy) is 2. The zero-order valence-corrected chi connectivity index (χ0v) is 20.1. The number of rotatable bonds is 7. The fourth-order valence-corrected chi connectivity index (χ4v) is 5.25. The maximum atomic E-state index is 13.3. The molecule has 2 N–H and O–H groups in total. The number of carbonyl (C=O) groups is 3. The molecule has 1 aliphatic heterocycles. The Balaban J connectivity index is 1.46. The van der Waals surface area contributed by atoms with Gasteiger partial charge in [-0.25, -0.2) is 9.59 Å². The second-order valence-electron chi connectivity index (χ2n) is 8.80. The van der Waals surface area contributed by atoms with Gasteiger partial charge in [-0.3, -0.25) is 9.69 Å². The Labute approximate surface area is 202 Å². The number of amides is 2. The third kappa shape index (κ3) is 4.50. The van der Waals surface area contributed by atoms with Gasteiger partial charge in [-0.1, -0.05) is 48.5 Å². The molecule has 4 rings (SSSR count). The minimum atomic E-state index is -1.15. The number of hydrogen-bond donors (Lipinski definition) is 2. The van der Waals surface area contributed by atoms with Gasteiger partial charge in [-0.05, 0) is 42.4 Å². The van der Waals surface area contributed by atoms with Gasteiger partial charge >= 0.3 is 12.1 Å². The molecular weight excluding hydrogens is 456 g/mol. The van der Waals surface area contributed by atoms with Crippen molar-refractivity contribution in [2.45, 2.75) is 37.6 Å². The van der Waals surface area contributed by atoms with Crippen LogP contribution in [0.25, 0.3) is 11.1 Å². The smallest absolute Gasteiger partial charge is 0.407 e. The summed E-state index contributed by atoms with van der Waals surface area (Å²) in [6.07, 6.45) is 1.08. The molecular formula is C25H28N2O6S. The molecule has 0 saturated carbocycles. The van der Waals surface area contributed by atoms with Crippen LogP contribution in [0.3, 0.4) is 0 Å². The van der Waals surface area contributed by atoms with Crippen molar-refractivity contribution >= 4 is 29.7 Å². The van der Waals surface area contributed by atoms with E-state index in [0.717, 1.165) is 22.3 Å². The van der Waals surface area contributed by atoms with E-state index in [9.17, 15) is 19.5 Å². The molecule has 1 heterocycles. The molecule has 0 aromatic heterocycles. The summed E-state index contributed by atoms with van der Waals surface area (Å²) >= 11 is 1.37. The third-order valence-electron chi connectivity index (χ3n) is 6.28. The molecule has 1 fully saturated rings. The molecule has 2 atom stereocenters. The van der Waals surface area contributed by atoms with Gasteiger partial charge in [0.1, 0.15) is 18.4 Å². The lowest BCUT2D eigenvalue weighted by Gasteiger charge is -2.34. The first-order valence-electron chi connectivity index (χ1n) is 11.0. The molecule has 2 aromatic rings. The van der Waals surface area contributed by atoms with E-state index in [-0.39, 0.29) is 24.9 Å². The first-order valence-corrected chi connectivity index (χ1v) is 12.4. The Morgan fingerprint density at radius 1 is 1.15 bits per heavy atom. The van der Waals surface area contributed by atoms with Crippen LogP contribution in [0.2, 0.25) is 0 Å². The summed E-state index contributed by atoms with van der Waals surface area (Å²) in [5, 5.41) is 12.2. The SMILES string of the molecule is CSC[C@H](NC(=O)OCC1c2ccccc2-c2ccccc21)C(=O)N1C(C(=O)O)COC1(C)C. The lowest BCUT2D eigenvalue weighted by molar-refractivity contribution is -0.156. The van der Waals surface area contributed by atoms with Crippen molar-refractivity contribution in [3.05, 3.63) is 59.7 Å². The fraction of sp³-hybridized carbons (Fsp3) is 0.400. The van der Waals surface area contributed by atoms with E-state index in [0.29, 0.717) is 0 Å². The van der Waals surface area contributed by atoms with Crippen molar-refractivity contribution in [1.29, 1.82) is 0 Å². The van der Waals surface area contributed by atoms with Gasteiger partial charge in [0.05, 0.1) is 6.61 Å². The number of aliphatic carboxylic acids is 1. The number of fused-ring (bicyclic) bond motifs is 3. The number of carboxylic acids is 1.